The van der Waals surface area contributed by atoms with Crippen molar-refractivity contribution in [3.05, 3.63) is 49.6 Å². The van der Waals surface area contributed by atoms with E-state index < -0.39 is 12.0 Å². The lowest BCUT2D eigenvalue weighted by molar-refractivity contribution is -0.310. The molecule has 0 saturated carbocycles. The van der Waals surface area contributed by atoms with E-state index in [2.05, 4.69) is 9.98 Å². The summed E-state index contributed by atoms with van der Waals surface area (Å²) in [6.07, 6.45) is 2.56. The van der Waals surface area contributed by atoms with E-state index in [4.69, 9.17) is 12.2 Å². The van der Waals surface area contributed by atoms with E-state index in [-0.39, 0.29) is 9.83 Å². The van der Waals surface area contributed by atoms with Gasteiger partial charge < -0.3 is 15.0 Å². The Labute approximate surface area is 146 Å². The molecular weight excluding hydrogens is 346 g/mol. The maximum atomic E-state index is 11.4. The van der Waals surface area contributed by atoms with Gasteiger partial charge in [0.15, 0.2) is 9.78 Å². The lowest BCUT2D eigenvalue weighted by atomic mass is 10.1. The van der Waals surface area contributed by atoms with Crippen LogP contribution < -0.4 is 15.8 Å². The molecule has 6 nitrogen and oxygen atoms in total. The molecule has 0 saturated heterocycles. The molecule has 1 aromatic carbocycles. The van der Waals surface area contributed by atoms with Gasteiger partial charge in [0, 0.05) is 6.08 Å². The van der Waals surface area contributed by atoms with Crippen LogP contribution in [0.25, 0.3) is 6.08 Å². The molecule has 0 amide bonds. The van der Waals surface area contributed by atoms with E-state index in [1.165, 1.54) is 4.57 Å². The number of aliphatic carboxylic acids is 1. The average Bonchev–Trinajstić information content (AvgIpc) is 3.06. The quantitative estimate of drug-likeness (QED) is 0.815. The lowest BCUT2D eigenvalue weighted by Crippen LogP contribution is -2.33. The van der Waals surface area contributed by atoms with Crippen molar-refractivity contribution in [1.82, 2.24) is 4.57 Å². The first-order valence-electron chi connectivity index (χ1n) is 7.40. The molecule has 0 spiro atoms. The van der Waals surface area contributed by atoms with Crippen LogP contribution in [0.5, 0.6) is 5.88 Å². The molecule has 1 aromatic heterocycles. The number of nitrogens with zero attached hydrogens (tertiary/aromatic N) is 3. The van der Waals surface area contributed by atoms with Gasteiger partial charge >= 0.3 is 0 Å². The van der Waals surface area contributed by atoms with Crippen molar-refractivity contribution in [3.8, 4) is 5.88 Å². The maximum Gasteiger partial charge on any atom is 0.211 e. The van der Waals surface area contributed by atoms with E-state index in [1.807, 2.05) is 31.2 Å². The Balaban J connectivity index is 2.04. The molecule has 2 aromatic rings. The molecule has 0 bridgehead atoms. The topological polar surface area (TPSA) is 90.0 Å². The number of rotatable bonds is 5. The molecule has 1 aliphatic heterocycles. The van der Waals surface area contributed by atoms with Gasteiger partial charge in [0.05, 0.1) is 27.6 Å². The number of para-hydroxylation sites is 2. The molecule has 2 heterocycles. The van der Waals surface area contributed by atoms with Gasteiger partial charge in [-0.05, 0) is 30.8 Å². The molecule has 124 valence electrons. The monoisotopic (exact) mass is 360 g/mol. The fourth-order valence-electron chi connectivity index (χ4n) is 2.50. The second-order valence-corrected chi connectivity index (χ2v) is 6.94. The lowest BCUT2D eigenvalue weighted by Gasteiger charge is -2.19. The summed E-state index contributed by atoms with van der Waals surface area (Å²) < 4.78 is 1.50. The minimum atomic E-state index is -1.26. The second kappa shape index (κ2) is 6.66. The van der Waals surface area contributed by atoms with Crippen molar-refractivity contribution in [2.24, 2.45) is 9.98 Å². The Kier molecular flexibility index (Phi) is 4.59. The zero-order valence-electron chi connectivity index (χ0n) is 12.8. The SMILES string of the molecule is CCC[C@@H](C(=O)[O-])n1c(O)c(C=C2N=c3ccccc3=N2)sc1=S. The maximum absolute atomic E-state index is 11.4. The molecule has 0 fully saturated rings. The van der Waals surface area contributed by atoms with Crippen molar-refractivity contribution in [2.75, 3.05) is 0 Å². The Morgan fingerprint density at radius 2 is 2.04 bits per heavy atom. The summed E-state index contributed by atoms with van der Waals surface area (Å²) in [5.41, 5.74) is 0. The highest BCUT2D eigenvalue weighted by atomic mass is 32.1. The van der Waals surface area contributed by atoms with Gasteiger partial charge in [0.2, 0.25) is 5.88 Å². The minimum Gasteiger partial charge on any atom is -0.548 e. The van der Waals surface area contributed by atoms with Crippen LogP contribution in [-0.2, 0) is 4.79 Å². The van der Waals surface area contributed by atoms with Crippen LogP contribution in [0, 0.1) is 3.95 Å². The van der Waals surface area contributed by atoms with Crippen LogP contribution in [0.1, 0.15) is 30.7 Å². The highest BCUT2D eigenvalue weighted by Gasteiger charge is 2.20. The summed E-state index contributed by atoms with van der Waals surface area (Å²) in [4.78, 5) is 20.5. The van der Waals surface area contributed by atoms with Crippen molar-refractivity contribution < 1.29 is 15.0 Å². The highest BCUT2D eigenvalue weighted by molar-refractivity contribution is 7.73. The van der Waals surface area contributed by atoms with Crippen LogP contribution in [0.15, 0.2) is 40.1 Å². The number of carboxylic acids is 1. The number of carboxylic acid groups (broad SMARTS) is 1. The van der Waals surface area contributed by atoms with E-state index >= 15 is 0 Å². The minimum absolute atomic E-state index is 0.193. The van der Waals surface area contributed by atoms with Gasteiger partial charge in [-0.2, -0.15) is 0 Å². The third-order valence-corrected chi connectivity index (χ3v) is 4.94. The first-order valence-corrected chi connectivity index (χ1v) is 8.63. The molecule has 1 atom stereocenters. The number of aromatic nitrogens is 1. The van der Waals surface area contributed by atoms with Crippen LogP contribution in [0.4, 0.5) is 0 Å². The van der Waals surface area contributed by atoms with Crippen molar-refractivity contribution in [1.29, 1.82) is 0 Å². The number of aromatic hydroxyl groups is 1. The molecule has 1 N–H and O–H groups in total. The van der Waals surface area contributed by atoms with Crippen molar-refractivity contribution >= 4 is 35.6 Å². The van der Waals surface area contributed by atoms with E-state index in [0.717, 1.165) is 22.1 Å². The zero-order chi connectivity index (χ0) is 17.3. The third-order valence-electron chi connectivity index (χ3n) is 3.60. The molecule has 0 unspecified atom stereocenters. The Morgan fingerprint density at radius 1 is 1.42 bits per heavy atom. The average molecular weight is 360 g/mol. The smallest absolute Gasteiger partial charge is 0.211 e. The number of benzene rings is 1. The second-order valence-electron chi connectivity index (χ2n) is 5.26. The van der Waals surface area contributed by atoms with Gasteiger partial charge in [-0.25, -0.2) is 9.98 Å². The van der Waals surface area contributed by atoms with Crippen LogP contribution in [0.3, 0.4) is 0 Å². The largest absolute Gasteiger partial charge is 0.548 e. The summed E-state index contributed by atoms with van der Waals surface area (Å²) in [5.74, 6) is -1.01. The molecule has 1 aliphatic rings. The Hall–Kier alpha value is -2.32. The highest BCUT2D eigenvalue weighted by Crippen LogP contribution is 2.33. The Bertz CT molecular complexity index is 967. The first-order chi connectivity index (χ1) is 11.5. The van der Waals surface area contributed by atoms with Gasteiger partial charge in [0.25, 0.3) is 0 Å². The van der Waals surface area contributed by atoms with Crippen molar-refractivity contribution in [3.63, 3.8) is 0 Å². The fourth-order valence-corrected chi connectivity index (χ4v) is 3.83. The van der Waals surface area contributed by atoms with Gasteiger partial charge in [0.1, 0.15) is 0 Å². The summed E-state index contributed by atoms with van der Waals surface area (Å²) in [6.45, 7) is 1.86. The number of carbonyl (C=O) groups is 1. The predicted molar refractivity (Wildman–Crippen MR) is 90.5 cm³/mol. The Morgan fingerprint density at radius 3 is 2.58 bits per heavy atom. The zero-order valence-corrected chi connectivity index (χ0v) is 14.4. The molecule has 0 radical (unpaired) electrons. The van der Waals surface area contributed by atoms with Gasteiger partial charge in [-0.1, -0.05) is 25.5 Å². The summed E-state index contributed by atoms with van der Waals surface area (Å²) in [7, 11) is 0. The molecule has 8 heteroatoms. The molecular formula is C16H14N3O3S2-. The number of hydrogen-bond donors (Lipinski definition) is 1. The van der Waals surface area contributed by atoms with Gasteiger partial charge in [-0.3, -0.25) is 4.57 Å². The van der Waals surface area contributed by atoms with Crippen LogP contribution in [-0.4, -0.2) is 15.6 Å². The number of carbonyl (C=O) groups excluding carboxylic acids is 1. The van der Waals surface area contributed by atoms with E-state index in [0.29, 0.717) is 23.5 Å². The van der Waals surface area contributed by atoms with Crippen LogP contribution >= 0.6 is 23.6 Å². The predicted octanol–water partition coefficient (Wildman–Crippen LogP) is 1.33. The molecule has 3 rings (SSSR count). The first kappa shape index (κ1) is 16.5. The number of thiazole rings is 1. The molecule has 24 heavy (non-hydrogen) atoms. The summed E-state index contributed by atoms with van der Waals surface area (Å²) >= 11 is 6.34. The third kappa shape index (κ3) is 3.02. The standard InChI is InChI=1S/C16H15N3O3S2/c1-2-5-11(15(21)22)19-14(20)12(24-16(19)23)8-13-17-9-6-3-4-7-10(9)18-13/h3-4,6-8,11,20H,2,5H2,1H3,(H,21,22)/p-1/t11-/m0/s1. The van der Waals surface area contributed by atoms with Crippen LogP contribution in [0.2, 0.25) is 0 Å². The van der Waals surface area contributed by atoms with Crippen molar-refractivity contribution in [2.45, 2.75) is 25.8 Å². The van der Waals surface area contributed by atoms with E-state index in [9.17, 15) is 15.0 Å². The summed E-state index contributed by atoms with van der Waals surface area (Å²) in [6, 6.07) is 6.45. The summed E-state index contributed by atoms with van der Waals surface area (Å²) in [5, 5.41) is 23.3. The van der Waals surface area contributed by atoms with E-state index in [1.54, 1.807) is 6.08 Å². The number of fused-ring (bicyclic) bond motifs is 1. The normalized spacial score (nSPS) is 13.8. The number of hydrogen-bond acceptors (Lipinski definition) is 7. The van der Waals surface area contributed by atoms with Gasteiger partial charge in [-0.15, -0.1) is 11.3 Å². The molecule has 0 aliphatic carbocycles. The fraction of sp³-hybridized carbons (Fsp3) is 0.250.